The predicted octanol–water partition coefficient (Wildman–Crippen LogP) is 2.82. The van der Waals surface area contributed by atoms with Gasteiger partial charge in [-0.15, -0.1) is 0 Å². The maximum absolute atomic E-state index is 13.3. The second-order valence-corrected chi connectivity index (χ2v) is 7.30. The number of carbonyl (C=O) groups is 2. The lowest BCUT2D eigenvalue weighted by Crippen LogP contribution is -2.45. The number of nitrogens with zero attached hydrogens (tertiary/aromatic N) is 2. The highest BCUT2D eigenvalue weighted by Crippen LogP contribution is 2.38. The van der Waals surface area contributed by atoms with Crippen molar-refractivity contribution in [3.05, 3.63) is 41.1 Å². The Hall–Kier alpha value is -2.50. The molecule has 2 aliphatic heterocycles. The number of methoxy groups -OCH3 is 1. The van der Waals surface area contributed by atoms with Crippen LogP contribution in [-0.4, -0.2) is 48.5 Å². The van der Waals surface area contributed by atoms with Gasteiger partial charge in [0.15, 0.2) is 0 Å². The molecule has 0 spiro atoms. The first-order valence-corrected chi connectivity index (χ1v) is 9.32. The summed E-state index contributed by atoms with van der Waals surface area (Å²) in [7, 11) is 3.35. The van der Waals surface area contributed by atoms with Gasteiger partial charge in [-0.2, -0.15) is 0 Å². The molecule has 0 saturated heterocycles. The Kier molecular flexibility index (Phi) is 4.34. The third-order valence-electron chi connectivity index (χ3n) is 5.83. The third-order valence-corrected chi connectivity index (χ3v) is 5.83. The number of benzene rings is 1. The molecule has 0 bridgehead atoms. The van der Waals surface area contributed by atoms with Crippen LogP contribution in [0.3, 0.4) is 0 Å². The molecule has 1 saturated carbocycles. The van der Waals surface area contributed by atoms with E-state index in [-0.39, 0.29) is 18.0 Å². The van der Waals surface area contributed by atoms with Crippen molar-refractivity contribution in [2.24, 2.45) is 0 Å². The van der Waals surface area contributed by atoms with Gasteiger partial charge in [0, 0.05) is 13.1 Å². The molecule has 1 N–H and O–H groups in total. The first kappa shape index (κ1) is 16.9. The minimum absolute atomic E-state index is 0.0616. The lowest BCUT2D eigenvalue weighted by Gasteiger charge is -2.31. The molecule has 4 rings (SSSR count). The Labute approximate surface area is 153 Å². The summed E-state index contributed by atoms with van der Waals surface area (Å²) >= 11 is 0. The minimum atomic E-state index is -0.426. The van der Waals surface area contributed by atoms with Crippen LogP contribution >= 0.6 is 0 Å². The summed E-state index contributed by atoms with van der Waals surface area (Å²) in [5.74, 6) is 0.777. The van der Waals surface area contributed by atoms with Gasteiger partial charge in [-0.25, -0.2) is 4.79 Å². The number of ether oxygens (including phenoxy) is 1. The van der Waals surface area contributed by atoms with Crippen molar-refractivity contribution in [3.63, 3.8) is 0 Å². The molecule has 1 aliphatic carbocycles. The molecule has 6 heteroatoms. The summed E-state index contributed by atoms with van der Waals surface area (Å²) in [6.07, 6.45) is 5.71. The summed E-state index contributed by atoms with van der Waals surface area (Å²) in [5.41, 5.74) is 2.40. The van der Waals surface area contributed by atoms with Gasteiger partial charge in [-0.3, -0.25) is 9.69 Å². The SMILES string of the molecule is COc1cccc(C2NC(=O)N(C)C3=C2C(=O)N(C2CCCCC2)C3)c1. The van der Waals surface area contributed by atoms with Crippen LogP contribution in [-0.2, 0) is 4.79 Å². The fourth-order valence-electron chi connectivity index (χ4n) is 4.35. The summed E-state index contributed by atoms with van der Waals surface area (Å²) in [5, 5.41) is 2.99. The van der Waals surface area contributed by atoms with Crippen LogP contribution in [0.15, 0.2) is 35.5 Å². The monoisotopic (exact) mass is 355 g/mol. The Bertz CT molecular complexity index is 767. The number of hydrogen-bond donors (Lipinski definition) is 1. The van der Waals surface area contributed by atoms with E-state index >= 15 is 0 Å². The number of hydrogen-bond acceptors (Lipinski definition) is 3. The van der Waals surface area contributed by atoms with Gasteiger partial charge in [0.2, 0.25) is 0 Å². The number of urea groups is 1. The normalized spacial score (nSPS) is 24.0. The largest absolute Gasteiger partial charge is 0.497 e. The fraction of sp³-hybridized carbons (Fsp3) is 0.500. The van der Waals surface area contributed by atoms with Gasteiger partial charge in [0.05, 0.1) is 31.0 Å². The van der Waals surface area contributed by atoms with Crippen molar-refractivity contribution in [1.29, 1.82) is 0 Å². The van der Waals surface area contributed by atoms with E-state index in [1.165, 1.54) is 19.3 Å². The Balaban J connectivity index is 1.70. The first-order valence-electron chi connectivity index (χ1n) is 9.32. The van der Waals surface area contributed by atoms with Crippen LogP contribution in [0.5, 0.6) is 5.75 Å². The molecule has 0 aromatic heterocycles. The molecular formula is C20H25N3O3. The average molecular weight is 355 g/mol. The van der Waals surface area contributed by atoms with Crippen LogP contribution in [0.25, 0.3) is 0 Å². The fourth-order valence-corrected chi connectivity index (χ4v) is 4.35. The second kappa shape index (κ2) is 6.67. The molecule has 3 amide bonds. The molecule has 138 valence electrons. The minimum Gasteiger partial charge on any atom is -0.497 e. The van der Waals surface area contributed by atoms with Crippen molar-refractivity contribution in [3.8, 4) is 5.75 Å². The summed E-state index contributed by atoms with van der Waals surface area (Å²) in [4.78, 5) is 29.3. The highest BCUT2D eigenvalue weighted by molar-refractivity contribution is 6.01. The van der Waals surface area contributed by atoms with Crippen molar-refractivity contribution < 1.29 is 14.3 Å². The van der Waals surface area contributed by atoms with Crippen molar-refractivity contribution in [2.75, 3.05) is 20.7 Å². The smallest absolute Gasteiger partial charge is 0.322 e. The topological polar surface area (TPSA) is 61.9 Å². The van der Waals surface area contributed by atoms with E-state index < -0.39 is 6.04 Å². The van der Waals surface area contributed by atoms with Crippen molar-refractivity contribution in [2.45, 2.75) is 44.2 Å². The molecule has 0 radical (unpaired) electrons. The van der Waals surface area contributed by atoms with Gasteiger partial charge >= 0.3 is 6.03 Å². The Morgan fingerprint density at radius 1 is 1.15 bits per heavy atom. The van der Waals surface area contributed by atoms with E-state index in [4.69, 9.17) is 4.74 Å². The number of nitrogens with one attached hydrogen (secondary N) is 1. The molecule has 1 atom stereocenters. The van der Waals surface area contributed by atoms with Gasteiger partial charge in [-0.05, 0) is 30.5 Å². The van der Waals surface area contributed by atoms with E-state index in [0.29, 0.717) is 17.9 Å². The van der Waals surface area contributed by atoms with Crippen LogP contribution in [0, 0.1) is 0 Å². The zero-order valence-corrected chi connectivity index (χ0v) is 15.3. The second-order valence-electron chi connectivity index (χ2n) is 7.30. The molecule has 6 nitrogen and oxygen atoms in total. The molecule has 3 aliphatic rings. The predicted molar refractivity (Wildman–Crippen MR) is 97.6 cm³/mol. The first-order chi connectivity index (χ1) is 12.6. The van der Waals surface area contributed by atoms with Crippen LogP contribution < -0.4 is 10.1 Å². The summed E-state index contributed by atoms with van der Waals surface area (Å²) in [6.45, 7) is 0.531. The van der Waals surface area contributed by atoms with Gasteiger partial charge in [0.1, 0.15) is 5.75 Å². The lowest BCUT2D eigenvalue weighted by atomic mass is 9.93. The molecule has 1 aromatic rings. The van der Waals surface area contributed by atoms with Crippen LogP contribution in [0.2, 0.25) is 0 Å². The number of likely N-dealkylation sites (N-methyl/N-ethyl adjacent to an activating group) is 1. The molecule has 26 heavy (non-hydrogen) atoms. The Morgan fingerprint density at radius 3 is 2.65 bits per heavy atom. The Morgan fingerprint density at radius 2 is 1.92 bits per heavy atom. The van der Waals surface area contributed by atoms with E-state index in [9.17, 15) is 9.59 Å². The highest BCUT2D eigenvalue weighted by atomic mass is 16.5. The maximum atomic E-state index is 13.3. The maximum Gasteiger partial charge on any atom is 0.322 e. The lowest BCUT2D eigenvalue weighted by molar-refractivity contribution is -0.128. The molecule has 1 fully saturated rings. The number of amides is 3. The van der Waals surface area contributed by atoms with Gasteiger partial charge in [0.25, 0.3) is 5.91 Å². The van der Waals surface area contributed by atoms with Crippen molar-refractivity contribution >= 4 is 11.9 Å². The molecular weight excluding hydrogens is 330 g/mol. The average Bonchev–Trinajstić information content (AvgIpc) is 3.03. The molecule has 2 heterocycles. The van der Waals surface area contributed by atoms with Crippen LogP contribution in [0.1, 0.15) is 43.7 Å². The number of carbonyl (C=O) groups excluding carboxylic acids is 2. The van der Waals surface area contributed by atoms with E-state index in [2.05, 4.69) is 5.32 Å². The zero-order chi connectivity index (χ0) is 18.3. The van der Waals surface area contributed by atoms with Gasteiger partial charge < -0.3 is 15.0 Å². The highest BCUT2D eigenvalue weighted by Gasteiger charge is 2.44. The molecule has 1 aromatic carbocycles. The van der Waals surface area contributed by atoms with Crippen LogP contribution in [0.4, 0.5) is 4.79 Å². The van der Waals surface area contributed by atoms with Gasteiger partial charge in [-0.1, -0.05) is 31.4 Å². The molecule has 1 unspecified atom stereocenters. The summed E-state index contributed by atoms with van der Waals surface area (Å²) < 4.78 is 5.31. The summed E-state index contributed by atoms with van der Waals surface area (Å²) in [6, 6.07) is 7.26. The van der Waals surface area contributed by atoms with E-state index in [0.717, 1.165) is 24.1 Å². The van der Waals surface area contributed by atoms with E-state index in [1.54, 1.807) is 19.1 Å². The quantitative estimate of drug-likeness (QED) is 0.907. The zero-order valence-electron chi connectivity index (χ0n) is 15.3. The standard InChI is InChI=1S/C20H25N3O3/c1-22-16-12-23(14-8-4-3-5-9-14)19(24)17(16)18(21-20(22)25)13-7-6-10-15(11-13)26-2/h6-7,10-11,14,18H,3-5,8-9,12H2,1-2H3,(H,21,25). The van der Waals surface area contributed by atoms with Crippen molar-refractivity contribution in [1.82, 2.24) is 15.1 Å². The number of rotatable bonds is 3. The third kappa shape index (κ3) is 2.73. The van der Waals surface area contributed by atoms with E-state index in [1.807, 2.05) is 29.2 Å².